The summed E-state index contributed by atoms with van der Waals surface area (Å²) in [5, 5.41) is 14.5. The Kier molecular flexibility index (Phi) is 5.51. The third kappa shape index (κ3) is 4.32. The molecule has 3 rings (SSSR count). The minimum atomic E-state index is -0.581. The monoisotopic (exact) mass is 387 g/mol. The molecule has 0 radical (unpaired) electrons. The van der Waals surface area contributed by atoms with E-state index in [-0.39, 0.29) is 17.9 Å². The molecule has 9 heteroatoms. The molecule has 1 N–H and O–H groups in total. The lowest BCUT2D eigenvalue weighted by atomic mass is 10.2. The van der Waals surface area contributed by atoms with Crippen molar-refractivity contribution >= 4 is 28.3 Å². The van der Waals surface area contributed by atoms with E-state index in [1.54, 1.807) is 12.1 Å². The number of carbonyl (C=O) groups excluding carboxylic acids is 1. The van der Waals surface area contributed by atoms with Crippen LogP contribution in [0.3, 0.4) is 0 Å². The van der Waals surface area contributed by atoms with E-state index in [0.717, 1.165) is 5.01 Å². The van der Waals surface area contributed by atoms with Crippen LogP contribution in [0.15, 0.2) is 35.1 Å². The average Bonchev–Trinajstić information content (AvgIpc) is 3.09. The minimum absolute atomic E-state index is 0.0132. The van der Waals surface area contributed by atoms with Crippen LogP contribution in [-0.4, -0.2) is 32.8 Å². The van der Waals surface area contributed by atoms with Crippen molar-refractivity contribution in [2.75, 3.05) is 7.11 Å². The van der Waals surface area contributed by atoms with Gasteiger partial charge in [0.1, 0.15) is 11.6 Å². The number of phenols is 1. The molecule has 0 amide bonds. The molecule has 0 aliphatic carbocycles. The van der Waals surface area contributed by atoms with E-state index in [2.05, 4.69) is 10.1 Å². The molecular formula is C18H17N3O5S. The van der Waals surface area contributed by atoms with E-state index < -0.39 is 5.97 Å². The molecule has 140 valence electrons. The maximum atomic E-state index is 12.1. The van der Waals surface area contributed by atoms with E-state index in [1.807, 2.05) is 6.92 Å². The molecule has 3 aromatic rings. The second kappa shape index (κ2) is 8.00. The van der Waals surface area contributed by atoms with Gasteiger partial charge in [0.25, 0.3) is 5.56 Å². The molecule has 0 saturated carbocycles. The standard InChI is InChI=1S/C18H17N3O5S/c1-3-15-20-21-16(23)9-12(19-18(21)27-15)10-26-17(24)7-5-11-4-6-13(22)14(8-11)25-2/h4-9,22H,3,10H2,1-2H3/b7-5-. The van der Waals surface area contributed by atoms with Crippen LogP contribution in [0, 0.1) is 0 Å². The van der Waals surface area contributed by atoms with Crippen LogP contribution >= 0.6 is 11.3 Å². The smallest absolute Gasteiger partial charge is 0.331 e. The normalized spacial score (nSPS) is 11.2. The molecule has 2 heterocycles. The number of aromatic nitrogens is 3. The minimum Gasteiger partial charge on any atom is -0.504 e. The molecule has 0 bridgehead atoms. The molecule has 0 unspecified atom stereocenters. The van der Waals surface area contributed by atoms with Crippen molar-refractivity contribution in [3.05, 3.63) is 57.0 Å². The first-order chi connectivity index (χ1) is 13.0. The molecule has 0 saturated heterocycles. The highest BCUT2D eigenvalue weighted by molar-refractivity contribution is 7.16. The van der Waals surface area contributed by atoms with Crippen molar-refractivity contribution in [2.45, 2.75) is 20.0 Å². The first-order valence-electron chi connectivity index (χ1n) is 8.10. The van der Waals surface area contributed by atoms with Gasteiger partial charge in [0, 0.05) is 12.1 Å². The van der Waals surface area contributed by atoms with Gasteiger partial charge in [-0.25, -0.2) is 9.78 Å². The van der Waals surface area contributed by atoms with E-state index in [1.165, 1.54) is 47.2 Å². The summed E-state index contributed by atoms with van der Waals surface area (Å²) < 4.78 is 11.4. The Morgan fingerprint density at radius 2 is 2.19 bits per heavy atom. The van der Waals surface area contributed by atoms with Gasteiger partial charge in [-0.05, 0) is 30.2 Å². The second-order valence-electron chi connectivity index (χ2n) is 5.50. The molecule has 8 nitrogen and oxygen atoms in total. The molecule has 0 atom stereocenters. The molecule has 27 heavy (non-hydrogen) atoms. The molecule has 0 aliphatic heterocycles. The van der Waals surface area contributed by atoms with Gasteiger partial charge in [0.05, 0.1) is 12.8 Å². The number of hydrogen-bond acceptors (Lipinski definition) is 8. The van der Waals surface area contributed by atoms with Crippen molar-refractivity contribution in [1.82, 2.24) is 14.6 Å². The van der Waals surface area contributed by atoms with Crippen LogP contribution in [0.5, 0.6) is 11.5 Å². The first kappa shape index (κ1) is 18.6. The number of hydrogen-bond donors (Lipinski definition) is 1. The fourth-order valence-corrected chi connectivity index (χ4v) is 3.13. The fraction of sp³-hybridized carbons (Fsp3) is 0.222. The molecular weight excluding hydrogens is 370 g/mol. The Bertz CT molecular complexity index is 1070. The second-order valence-corrected chi connectivity index (χ2v) is 6.54. The quantitative estimate of drug-likeness (QED) is 0.511. The zero-order chi connectivity index (χ0) is 19.4. The number of carbonyl (C=O) groups is 1. The highest BCUT2D eigenvalue weighted by Gasteiger charge is 2.09. The molecule has 0 fully saturated rings. The Balaban J connectivity index is 1.67. The van der Waals surface area contributed by atoms with E-state index >= 15 is 0 Å². The average molecular weight is 387 g/mol. The summed E-state index contributed by atoms with van der Waals surface area (Å²) in [5.74, 6) is -0.263. The summed E-state index contributed by atoms with van der Waals surface area (Å²) in [6.07, 6.45) is 3.50. The summed E-state index contributed by atoms with van der Waals surface area (Å²) >= 11 is 1.33. The lowest BCUT2D eigenvalue weighted by molar-refractivity contribution is -0.139. The fourth-order valence-electron chi connectivity index (χ4n) is 2.27. The van der Waals surface area contributed by atoms with Gasteiger partial charge in [-0.3, -0.25) is 4.79 Å². The maximum absolute atomic E-state index is 12.1. The Morgan fingerprint density at radius 3 is 2.93 bits per heavy atom. The maximum Gasteiger partial charge on any atom is 0.331 e. The van der Waals surface area contributed by atoms with Crippen LogP contribution in [0.4, 0.5) is 0 Å². The summed E-state index contributed by atoms with van der Waals surface area (Å²) in [4.78, 5) is 28.7. The lowest BCUT2D eigenvalue weighted by Crippen LogP contribution is -2.16. The van der Waals surface area contributed by atoms with Gasteiger partial charge in [-0.2, -0.15) is 9.61 Å². The number of ether oxygens (including phenoxy) is 2. The molecule has 1 aromatic carbocycles. The van der Waals surface area contributed by atoms with Crippen LogP contribution in [0.1, 0.15) is 23.2 Å². The van der Waals surface area contributed by atoms with Crippen LogP contribution in [-0.2, 0) is 22.6 Å². The first-order valence-corrected chi connectivity index (χ1v) is 8.92. The molecule has 0 spiro atoms. The predicted molar refractivity (Wildman–Crippen MR) is 100 cm³/mol. The summed E-state index contributed by atoms with van der Waals surface area (Å²) in [6.45, 7) is 1.83. The third-order valence-electron chi connectivity index (χ3n) is 3.62. The van der Waals surface area contributed by atoms with Crippen molar-refractivity contribution < 1.29 is 19.4 Å². The summed E-state index contributed by atoms with van der Waals surface area (Å²) in [6, 6.07) is 5.99. The number of fused-ring (bicyclic) bond motifs is 1. The summed E-state index contributed by atoms with van der Waals surface area (Å²) in [5.41, 5.74) is 0.712. The number of aryl methyl sites for hydroxylation is 1. The van der Waals surface area contributed by atoms with E-state index in [0.29, 0.717) is 28.4 Å². The van der Waals surface area contributed by atoms with Crippen molar-refractivity contribution in [3.8, 4) is 11.5 Å². The van der Waals surface area contributed by atoms with E-state index in [4.69, 9.17) is 9.47 Å². The number of phenolic OH excluding ortho intramolecular Hbond substituents is 1. The zero-order valence-corrected chi connectivity index (χ0v) is 15.5. The zero-order valence-electron chi connectivity index (χ0n) is 14.7. The van der Waals surface area contributed by atoms with Gasteiger partial charge in [0.2, 0.25) is 4.96 Å². The Hall–Kier alpha value is -3.20. The third-order valence-corrected chi connectivity index (χ3v) is 4.67. The topological polar surface area (TPSA) is 103 Å². The number of benzene rings is 1. The Morgan fingerprint density at radius 1 is 1.37 bits per heavy atom. The van der Waals surface area contributed by atoms with Gasteiger partial charge in [0.15, 0.2) is 11.5 Å². The van der Waals surface area contributed by atoms with Gasteiger partial charge < -0.3 is 14.6 Å². The molecule has 0 aliphatic rings. The van der Waals surface area contributed by atoms with Crippen molar-refractivity contribution in [3.63, 3.8) is 0 Å². The number of rotatable bonds is 6. The lowest BCUT2D eigenvalue weighted by Gasteiger charge is -2.04. The summed E-state index contributed by atoms with van der Waals surface area (Å²) in [7, 11) is 1.44. The number of aromatic hydroxyl groups is 1. The highest BCUT2D eigenvalue weighted by atomic mass is 32.1. The van der Waals surface area contributed by atoms with Gasteiger partial charge in [-0.1, -0.05) is 24.3 Å². The van der Waals surface area contributed by atoms with E-state index in [9.17, 15) is 14.7 Å². The van der Waals surface area contributed by atoms with Crippen LogP contribution in [0.25, 0.3) is 11.0 Å². The molecule has 2 aromatic heterocycles. The highest BCUT2D eigenvalue weighted by Crippen LogP contribution is 2.26. The predicted octanol–water partition coefficient (Wildman–Crippen LogP) is 2.18. The van der Waals surface area contributed by atoms with Crippen molar-refractivity contribution in [1.29, 1.82) is 0 Å². The van der Waals surface area contributed by atoms with Crippen LogP contribution in [0.2, 0.25) is 0 Å². The van der Waals surface area contributed by atoms with Crippen LogP contribution < -0.4 is 10.3 Å². The Labute approximate surface area is 158 Å². The largest absolute Gasteiger partial charge is 0.504 e. The number of esters is 1. The van der Waals surface area contributed by atoms with Gasteiger partial charge >= 0.3 is 5.97 Å². The number of nitrogens with zero attached hydrogens (tertiary/aromatic N) is 3. The number of methoxy groups -OCH3 is 1. The SMILES string of the molecule is CCc1nn2c(=O)cc(COC(=O)/C=C\c3ccc(O)c(OC)c3)nc2s1. The van der Waals surface area contributed by atoms with Crippen molar-refractivity contribution in [2.24, 2.45) is 0 Å². The van der Waals surface area contributed by atoms with Gasteiger partial charge in [-0.15, -0.1) is 0 Å².